The molecular weight excluding hydrogens is 997 g/mol. The van der Waals surface area contributed by atoms with Crippen LogP contribution in [0, 0.1) is 0 Å². The normalized spacial score (nSPS) is 12.3. The van der Waals surface area contributed by atoms with E-state index in [0.717, 1.165) is 70.6 Å². The summed E-state index contributed by atoms with van der Waals surface area (Å²) in [5.41, 5.74) is 0. The first-order valence-corrected chi connectivity index (χ1v) is 36.1. The van der Waals surface area contributed by atoms with Crippen molar-refractivity contribution in [1.82, 2.24) is 0 Å². The van der Waals surface area contributed by atoms with Crippen molar-refractivity contribution in [2.75, 3.05) is 13.2 Å². The van der Waals surface area contributed by atoms with Crippen LogP contribution in [-0.4, -0.2) is 37.2 Å². The largest absolute Gasteiger partial charge is 0.462 e. The molecule has 474 valence electrons. The molecule has 0 aromatic carbocycles. The van der Waals surface area contributed by atoms with Gasteiger partial charge >= 0.3 is 17.9 Å². The maximum absolute atomic E-state index is 13.0. The summed E-state index contributed by atoms with van der Waals surface area (Å²) in [6.45, 7) is 6.67. The second-order valence-corrected chi connectivity index (χ2v) is 24.5. The van der Waals surface area contributed by atoms with Crippen LogP contribution in [0.1, 0.15) is 393 Å². The fraction of sp³-hybridized carbons (Fsp3) is 0.853. The van der Waals surface area contributed by atoms with Crippen LogP contribution >= 0.6 is 0 Å². The summed E-state index contributed by atoms with van der Waals surface area (Å²) in [5.74, 6) is -0.857. The molecule has 81 heavy (non-hydrogen) atoms. The van der Waals surface area contributed by atoms with Gasteiger partial charge in [0.1, 0.15) is 13.2 Å². The van der Waals surface area contributed by atoms with Gasteiger partial charge in [-0.15, -0.1) is 0 Å². The van der Waals surface area contributed by atoms with Crippen LogP contribution in [0.5, 0.6) is 0 Å². The summed E-state index contributed by atoms with van der Waals surface area (Å²) in [4.78, 5) is 38.4. The smallest absolute Gasteiger partial charge is 0.306 e. The summed E-state index contributed by atoms with van der Waals surface area (Å²) in [6.07, 6.45) is 88.6. The average molecular weight is 1140 g/mol. The molecule has 0 aliphatic rings. The molecular formula is C75H138O6. The highest BCUT2D eigenvalue weighted by atomic mass is 16.6. The lowest BCUT2D eigenvalue weighted by Crippen LogP contribution is -2.30. The van der Waals surface area contributed by atoms with Gasteiger partial charge in [-0.2, -0.15) is 0 Å². The van der Waals surface area contributed by atoms with Gasteiger partial charge in [-0.05, 0) is 103 Å². The number of hydrogen-bond acceptors (Lipinski definition) is 6. The van der Waals surface area contributed by atoms with Gasteiger partial charge in [0.25, 0.3) is 0 Å². The Hall–Kier alpha value is -2.63. The zero-order valence-electron chi connectivity index (χ0n) is 54.6. The SMILES string of the molecule is CCCCCC/C=C\CCCCCCCC(=O)OCC(COC(=O)CCCCCCCCCCCCCCCCC/C=C\C/C=C\CCCCCCC)OC(=O)CCCCCCCCCCCCC/C=C\CCCCCCCCCC. The molecule has 0 amide bonds. The van der Waals surface area contributed by atoms with Crippen molar-refractivity contribution in [3.05, 3.63) is 48.6 Å². The van der Waals surface area contributed by atoms with Crippen LogP contribution in [0.15, 0.2) is 48.6 Å². The first-order valence-electron chi connectivity index (χ1n) is 36.1. The minimum absolute atomic E-state index is 0.0723. The van der Waals surface area contributed by atoms with E-state index in [2.05, 4.69) is 69.4 Å². The number of ether oxygens (including phenoxy) is 3. The standard InChI is InChI=1S/C75H138O6/c1-4-7-10-13-16-19-22-25-27-29-31-33-35-36-37-38-40-41-43-45-47-50-53-56-59-62-65-68-74(77)80-71-72(70-79-73(76)67-64-61-58-55-52-49-24-21-18-15-12-9-6-3)81-75(78)69-66-63-60-57-54-51-48-46-44-42-39-34-32-30-28-26-23-20-17-14-11-8-5-2/h21-22,24-25,29-32,72H,4-20,23,26-28,33-71H2,1-3H3/b24-21-,25-22-,31-29-,32-30-. The molecule has 0 aromatic rings. The third-order valence-corrected chi connectivity index (χ3v) is 16.3. The van der Waals surface area contributed by atoms with Gasteiger partial charge in [-0.3, -0.25) is 14.4 Å². The molecule has 0 radical (unpaired) electrons. The Kier molecular flexibility index (Phi) is 67.6. The molecule has 0 aliphatic heterocycles. The van der Waals surface area contributed by atoms with Crippen LogP contribution < -0.4 is 0 Å². The molecule has 0 aromatic heterocycles. The van der Waals surface area contributed by atoms with E-state index in [1.54, 1.807) is 0 Å². The predicted molar refractivity (Wildman–Crippen MR) is 353 cm³/mol. The van der Waals surface area contributed by atoms with Crippen LogP contribution in [0.25, 0.3) is 0 Å². The molecule has 0 heterocycles. The molecule has 0 fully saturated rings. The van der Waals surface area contributed by atoms with Gasteiger partial charge in [0.2, 0.25) is 0 Å². The Balaban J connectivity index is 4.23. The molecule has 0 bridgehead atoms. The molecule has 0 saturated carbocycles. The molecule has 0 aliphatic carbocycles. The maximum atomic E-state index is 13.0. The minimum Gasteiger partial charge on any atom is -0.462 e. The van der Waals surface area contributed by atoms with Crippen LogP contribution in [0.4, 0.5) is 0 Å². The van der Waals surface area contributed by atoms with Gasteiger partial charge < -0.3 is 14.2 Å². The highest BCUT2D eigenvalue weighted by Gasteiger charge is 2.19. The monoisotopic (exact) mass is 1140 g/mol. The summed E-state index contributed by atoms with van der Waals surface area (Å²) >= 11 is 0. The fourth-order valence-corrected chi connectivity index (χ4v) is 10.8. The fourth-order valence-electron chi connectivity index (χ4n) is 10.8. The third-order valence-electron chi connectivity index (χ3n) is 16.3. The number of hydrogen-bond donors (Lipinski definition) is 0. The topological polar surface area (TPSA) is 78.9 Å². The number of esters is 3. The van der Waals surface area contributed by atoms with Crippen molar-refractivity contribution in [2.24, 2.45) is 0 Å². The van der Waals surface area contributed by atoms with E-state index in [0.29, 0.717) is 19.3 Å². The van der Waals surface area contributed by atoms with E-state index >= 15 is 0 Å². The first kappa shape index (κ1) is 78.4. The highest BCUT2D eigenvalue weighted by Crippen LogP contribution is 2.18. The lowest BCUT2D eigenvalue weighted by Gasteiger charge is -2.18. The number of carbonyl (C=O) groups excluding carboxylic acids is 3. The lowest BCUT2D eigenvalue weighted by molar-refractivity contribution is -0.167. The van der Waals surface area contributed by atoms with Crippen LogP contribution in [0.2, 0.25) is 0 Å². The lowest BCUT2D eigenvalue weighted by atomic mass is 10.0. The summed E-state index contributed by atoms with van der Waals surface area (Å²) in [6, 6.07) is 0. The van der Waals surface area contributed by atoms with E-state index < -0.39 is 6.10 Å². The van der Waals surface area contributed by atoms with Gasteiger partial charge in [-0.25, -0.2) is 0 Å². The van der Waals surface area contributed by atoms with E-state index in [4.69, 9.17) is 14.2 Å². The molecule has 0 saturated heterocycles. The summed E-state index contributed by atoms with van der Waals surface area (Å²) < 4.78 is 17.0. The molecule has 0 rings (SSSR count). The molecule has 6 nitrogen and oxygen atoms in total. The summed E-state index contributed by atoms with van der Waals surface area (Å²) in [5, 5.41) is 0. The Morgan fingerprint density at radius 2 is 0.444 bits per heavy atom. The van der Waals surface area contributed by atoms with E-state index in [1.165, 1.54) is 283 Å². The predicted octanol–water partition coefficient (Wildman–Crippen LogP) is 24.9. The second-order valence-electron chi connectivity index (χ2n) is 24.5. The Morgan fingerprint density at radius 3 is 0.704 bits per heavy atom. The zero-order chi connectivity index (χ0) is 58.5. The quantitative estimate of drug-likeness (QED) is 0.0261. The van der Waals surface area contributed by atoms with Crippen molar-refractivity contribution in [1.29, 1.82) is 0 Å². The second kappa shape index (κ2) is 69.9. The van der Waals surface area contributed by atoms with Gasteiger partial charge in [0, 0.05) is 19.3 Å². The maximum Gasteiger partial charge on any atom is 0.306 e. The van der Waals surface area contributed by atoms with Gasteiger partial charge in [0.15, 0.2) is 6.10 Å². The van der Waals surface area contributed by atoms with E-state index in [9.17, 15) is 14.4 Å². The third kappa shape index (κ3) is 68.0. The molecule has 1 atom stereocenters. The van der Waals surface area contributed by atoms with Crippen molar-refractivity contribution in [3.63, 3.8) is 0 Å². The zero-order valence-corrected chi connectivity index (χ0v) is 54.6. The number of unbranched alkanes of at least 4 members (excludes halogenated alkanes) is 48. The Bertz CT molecular complexity index is 1400. The molecule has 1 unspecified atom stereocenters. The summed E-state index contributed by atoms with van der Waals surface area (Å²) in [7, 11) is 0. The highest BCUT2D eigenvalue weighted by molar-refractivity contribution is 5.71. The number of allylic oxidation sites excluding steroid dienone is 8. The van der Waals surface area contributed by atoms with Crippen molar-refractivity contribution < 1.29 is 28.6 Å². The van der Waals surface area contributed by atoms with Gasteiger partial charge in [0.05, 0.1) is 0 Å². The minimum atomic E-state index is -0.777. The van der Waals surface area contributed by atoms with E-state index in [-0.39, 0.29) is 31.1 Å². The first-order chi connectivity index (χ1) is 40.0. The van der Waals surface area contributed by atoms with Crippen LogP contribution in [-0.2, 0) is 28.6 Å². The number of carbonyl (C=O) groups is 3. The number of rotatable bonds is 67. The Morgan fingerprint density at radius 1 is 0.247 bits per heavy atom. The molecule has 0 N–H and O–H groups in total. The average Bonchev–Trinajstić information content (AvgIpc) is 3.46. The molecule has 6 heteroatoms. The molecule has 0 spiro atoms. The van der Waals surface area contributed by atoms with Crippen molar-refractivity contribution >= 4 is 17.9 Å². The Labute approximate surface area is 505 Å². The van der Waals surface area contributed by atoms with Gasteiger partial charge in [-0.1, -0.05) is 320 Å². The van der Waals surface area contributed by atoms with Crippen molar-refractivity contribution in [3.8, 4) is 0 Å². The van der Waals surface area contributed by atoms with Crippen molar-refractivity contribution in [2.45, 2.75) is 399 Å². The van der Waals surface area contributed by atoms with E-state index in [1.807, 2.05) is 0 Å². The van der Waals surface area contributed by atoms with Crippen LogP contribution in [0.3, 0.4) is 0 Å².